The number of benzene rings is 3. The van der Waals surface area contributed by atoms with Crippen LogP contribution in [0.15, 0.2) is 76.8 Å². The van der Waals surface area contributed by atoms with E-state index in [0.29, 0.717) is 27.9 Å². The molecule has 0 saturated heterocycles. The molecule has 0 atom stereocenters. The molecule has 0 aliphatic heterocycles. The molecule has 3 aromatic carbocycles. The molecule has 1 N–H and O–H groups in total. The van der Waals surface area contributed by atoms with Gasteiger partial charge in [0, 0.05) is 32.2 Å². The fourth-order valence-corrected chi connectivity index (χ4v) is 3.94. The van der Waals surface area contributed by atoms with Crippen LogP contribution in [0.25, 0.3) is 6.08 Å². The molecular formula is C26H21BrCl2N2O2. The molecule has 0 unspecified atom stereocenters. The van der Waals surface area contributed by atoms with E-state index in [0.717, 1.165) is 22.9 Å². The minimum atomic E-state index is -0.419. The fourth-order valence-electron chi connectivity index (χ4n) is 3.10. The highest BCUT2D eigenvalue weighted by Gasteiger charge is 2.12. The van der Waals surface area contributed by atoms with Crippen molar-refractivity contribution in [1.82, 2.24) is 5.32 Å². The van der Waals surface area contributed by atoms with Crippen LogP contribution in [-0.2, 0) is 17.8 Å². The summed E-state index contributed by atoms with van der Waals surface area (Å²) >= 11 is 15.6. The van der Waals surface area contributed by atoms with E-state index in [1.807, 2.05) is 30.3 Å². The summed E-state index contributed by atoms with van der Waals surface area (Å²) in [7, 11) is 0. The Morgan fingerprint density at radius 2 is 1.88 bits per heavy atom. The van der Waals surface area contributed by atoms with Crippen LogP contribution in [0.2, 0.25) is 10.0 Å². The van der Waals surface area contributed by atoms with Gasteiger partial charge < -0.3 is 10.1 Å². The molecule has 0 heterocycles. The van der Waals surface area contributed by atoms with Crippen molar-refractivity contribution in [3.63, 3.8) is 0 Å². The molecule has 168 valence electrons. The zero-order valence-electron chi connectivity index (χ0n) is 17.7. The van der Waals surface area contributed by atoms with Gasteiger partial charge in [0.1, 0.15) is 24.0 Å². The lowest BCUT2D eigenvalue weighted by Gasteiger charge is -2.12. The molecule has 4 nitrogen and oxygen atoms in total. The van der Waals surface area contributed by atoms with Crippen LogP contribution in [0, 0.1) is 11.3 Å². The van der Waals surface area contributed by atoms with E-state index < -0.39 is 5.91 Å². The fraction of sp³-hybridized carbons (Fsp3) is 0.154. The number of nitriles is 1. The molecular weight excluding hydrogens is 523 g/mol. The van der Waals surface area contributed by atoms with Gasteiger partial charge in [-0.05, 0) is 54.8 Å². The van der Waals surface area contributed by atoms with Gasteiger partial charge in [0.05, 0.1) is 0 Å². The summed E-state index contributed by atoms with van der Waals surface area (Å²) < 4.78 is 6.73. The molecule has 0 spiro atoms. The van der Waals surface area contributed by atoms with Gasteiger partial charge in [-0.1, -0.05) is 75.5 Å². The molecule has 1 amide bonds. The lowest BCUT2D eigenvalue weighted by molar-refractivity contribution is -0.117. The van der Waals surface area contributed by atoms with Crippen molar-refractivity contribution in [3.05, 3.63) is 104 Å². The van der Waals surface area contributed by atoms with Gasteiger partial charge in [-0.25, -0.2) is 0 Å². The molecule has 0 aliphatic rings. The molecule has 3 rings (SSSR count). The van der Waals surface area contributed by atoms with E-state index >= 15 is 0 Å². The van der Waals surface area contributed by atoms with Gasteiger partial charge in [-0.3, -0.25) is 4.79 Å². The number of amides is 1. The smallest absolute Gasteiger partial charge is 0.261 e. The average Bonchev–Trinajstić information content (AvgIpc) is 2.81. The summed E-state index contributed by atoms with van der Waals surface area (Å²) in [6.45, 7) is 0.690. The summed E-state index contributed by atoms with van der Waals surface area (Å²) in [6, 6.07) is 22.6. The van der Waals surface area contributed by atoms with Crippen molar-refractivity contribution in [3.8, 4) is 11.8 Å². The third kappa shape index (κ3) is 7.64. The van der Waals surface area contributed by atoms with E-state index in [9.17, 15) is 10.1 Å². The molecule has 0 saturated carbocycles. The number of rotatable bonds is 9. The minimum Gasteiger partial charge on any atom is -0.488 e. The van der Waals surface area contributed by atoms with Crippen LogP contribution in [0.3, 0.4) is 0 Å². The number of hydrogen-bond donors (Lipinski definition) is 1. The topological polar surface area (TPSA) is 62.1 Å². The number of nitrogens with zero attached hydrogens (tertiary/aromatic N) is 1. The van der Waals surface area contributed by atoms with Crippen molar-refractivity contribution in [2.75, 3.05) is 6.54 Å². The van der Waals surface area contributed by atoms with E-state index in [1.165, 1.54) is 11.6 Å². The van der Waals surface area contributed by atoms with Crippen molar-refractivity contribution >= 4 is 51.1 Å². The second kappa shape index (κ2) is 12.5. The quantitative estimate of drug-likeness (QED) is 0.180. The van der Waals surface area contributed by atoms with Gasteiger partial charge in [-0.2, -0.15) is 5.26 Å². The highest BCUT2D eigenvalue weighted by Crippen LogP contribution is 2.28. The number of nitrogens with one attached hydrogen (secondary N) is 1. The molecule has 33 heavy (non-hydrogen) atoms. The van der Waals surface area contributed by atoms with E-state index in [4.69, 9.17) is 27.9 Å². The van der Waals surface area contributed by atoms with Gasteiger partial charge >= 0.3 is 0 Å². The highest BCUT2D eigenvalue weighted by molar-refractivity contribution is 9.10. The summed E-state index contributed by atoms with van der Waals surface area (Å²) in [5.41, 5.74) is 2.59. The first-order valence-electron chi connectivity index (χ1n) is 10.3. The summed E-state index contributed by atoms with van der Waals surface area (Å²) in [4.78, 5) is 12.6. The van der Waals surface area contributed by atoms with Crippen LogP contribution < -0.4 is 10.1 Å². The van der Waals surface area contributed by atoms with E-state index in [1.54, 1.807) is 30.3 Å². The molecule has 0 bridgehead atoms. The standard InChI is InChI=1S/C26H21BrCl2N2O2/c27-22-9-11-25(33-17-19-8-10-23(28)15-24(19)29)20(14-22)13-21(16-30)26(32)31-12-4-7-18-5-2-1-3-6-18/h1-3,5-6,8-11,13-15H,4,7,12,17H2,(H,31,32)/b21-13-. The Morgan fingerprint density at radius 3 is 2.61 bits per heavy atom. The summed E-state index contributed by atoms with van der Waals surface area (Å²) in [6.07, 6.45) is 3.15. The number of aryl methyl sites for hydroxylation is 1. The van der Waals surface area contributed by atoms with Crippen LogP contribution >= 0.6 is 39.1 Å². The lowest BCUT2D eigenvalue weighted by Crippen LogP contribution is -2.25. The second-order valence-corrected chi connectivity index (χ2v) is 8.98. The zero-order valence-corrected chi connectivity index (χ0v) is 20.8. The Balaban J connectivity index is 1.67. The van der Waals surface area contributed by atoms with Gasteiger partial charge in [0.15, 0.2) is 0 Å². The molecule has 0 fully saturated rings. The maximum Gasteiger partial charge on any atom is 0.261 e. The Bertz CT molecular complexity index is 1190. The number of carbonyl (C=O) groups excluding carboxylic acids is 1. The highest BCUT2D eigenvalue weighted by atomic mass is 79.9. The number of hydrogen-bond acceptors (Lipinski definition) is 3. The summed E-state index contributed by atoms with van der Waals surface area (Å²) in [5, 5.41) is 13.4. The van der Waals surface area contributed by atoms with E-state index in [-0.39, 0.29) is 12.2 Å². The normalized spacial score (nSPS) is 11.0. The zero-order chi connectivity index (χ0) is 23.6. The number of carbonyl (C=O) groups is 1. The predicted octanol–water partition coefficient (Wildman–Crippen LogP) is 6.99. The average molecular weight is 544 g/mol. The molecule has 3 aromatic rings. The third-order valence-corrected chi connectivity index (χ3v) is 5.89. The predicted molar refractivity (Wildman–Crippen MR) is 136 cm³/mol. The van der Waals surface area contributed by atoms with Crippen LogP contribution in [0.1, 0.15) is 23.1 Å². The van der Waals surface area contributed by atoms with Crippen molar-refractivity contribution < 1.29 is 9.53 Å². The van der Waals surface area contributed by atoms with Crippen LogP contribution in [0.5, 0.6) is 5.75 Å². The van der Waals surface area contributed by atoms with Gasteiger partial charge in [-0.15, -0.1) is 0 Å². The molecule has 7 heteroatoms. The van der Waals surface area contributed by atoms with Crippen molar-refractivity contribution in [2.24, 2.45) is 0 Å². The number of halogens is 3. The van der Waals surface area contributed by atoms with Crippen molar-refractivity contribution in [2.45, 2.75) is 19.4 Å². The minimum absolute atomic E-state index is 0.00202. The largest absolute Gasteiger partial charge is 0.488 e. The second-order valence-electron chi connectivity index (χ2n) is 7.22. The Morgan fingerprint density at radius 1 is 1.09 bits per heavy atom. The monoisotopic (exact) mass is 542 g/mol. The maximum atomic E-state index is 12.6. The Kier molecular flexibility index (Phi) is 9.38. The third-order valence-electron chi connectivity index (χ3n) is 4.81. The molecule has 0 radical (unpaired) electrons. The first-order valence-corrected chi connectivity index (χ1v) is 11.8. The first kappa shape index (κ1) is 24.9. The van der Waals surface area contributed by atoms with Crippen LogP contribution in [-0.4, -0.2) is 12.5 Å². The SMILES string of the molecule is N#C/C(=C/c1cc(Br)ccc1OCc1ccc(Cl)cc1Cl)C(=O)NCCCc1ccccc1. The molecule has 0 aromatic heterocycles. The Hall–Kier alpha value is -2.78. The van der Waals surface area contributed by atoms with Gasteiger partial charge in [0.25, 0.3) is 5.91 Å². The molecule has 0 aliphatic carbocycles. The van der Waals surface area contributed by atoms with Crippen LogP contribution in [0.4, 0.5) is 0 Å². The number of ether oxygens (including phenoxy) is 1. The van der Waals surface area contributed by atoms with Gasteiger partial charge in [0.2, 0.25) is 0 Å². The lowest BCUT2D eigenvalue weighted by atomic mass is 10.1. The van der Waals surface area contributed by atoms with E-state index in [2.05, 4.69) is 33.4 Å². The van der Waals surface area contributed by atoms with Crippen molar-refractivity contribution in [1.29, 1.82) is 5.26 Å². The Labute approximate surface area is 211 Å². The maximum absolute atomic E-state index is 12.6. The summed E-state index contributed by atoms with van der Waals surface area (Å²) in [5.74, 6) is 0.103. The first-order chi connectivity index (χ1) is 16.0.